The number of thioether (sulfide) groups is 1. The topological polar surface area (TPSA) is 47.6 Å². The van der Waals surface area contributed by atoms with Crippen LogP contribution in [0.1, 0.15) is 39.0 Å². The van der Waals surface area contributed by atoms with Gasteiger partial charge in [-0.15, -0.1) is 0 Å². The van der Waals surface area contributed by atoms with Crippen molar-refractivity contribution in [2.45, 2.75) is 43.8 Å². The Hall–Kier alpha value is -0.260. The van der Waals surface area contributed by atoms with E-state index in [0.29, 0.717) is 18.0 Å². The highest BCUT2D eigenvalue weighted by Gasteiger charge is 2.30. The largest absolute Gasteiger partial charge is 0.464 e. The summed E-state index contributed by atoms with van der Waals surface area (Å²) >= 11 is 1.99. The van der Waals surface area contributed by atoms with Crippen LogP contribution in [0.4, 0.5) is 0 Å². The first-order valence-electron chi connectivity index (χ1n) is 7.22. The molecule has 1 aliphatic rings. The molecule has 0 aromatic carbocycles. The maximum absolute atomic E-state index is 11.0. The quantitative estimate of drug-likeness (QED) is 0.521. The Bertz CT molecular complexity index is 255. The third-order valence-corrected chi connectivity index (χ3v) is 5.01. The minimum Gasteiger partial charge on any atom is -0.464 e. The number of hydrogen-bond acceptors (Lipinski definition) is 5. The lowest BCUT2D eigenvalue weighted by molar-refractivity contribution is -0.148. The van der Waals surface area contributed by atoms with Crippen LogP contribution < -0.4 is 5.32 Å². The molecule has 0 bridgehead atoms. The molecule has 0 radical (unpaired) electrons. The van der Waals surface area contributed by atoms with Gasteiger partial charge in [-0.25, -0.2) is 4.79 Å². The Morgan fingerprint density at radius 2 is 2.05 bits per heavy atom. The summed E-state index contributed by atoms with van der Waals surface area (Å²) in [6, 6.07) is 0. The lowest BCUT2D eigenvalue weighted by Crippen LogP contribution is -2.40. The van der Waals surface area contributed by atoms with Crippen molar-refractivity contribution in [1.82, 2.24) is 5.32 Å². The summed E-state index contributed by atoms with van der Waals surface area (Å²) in [4.78, 5) is 11.0. The molecule has 1 saturated carbocycles. The van der Waals surface area contributed by atoms with Crippen molar-refractivity contribution in [3.8, 4) is 0 Å². The van der Waals surface area contributed by atoms with Gasteiger partial charge in [0.2, 0.25) is 0 Å². The first kappa shape index (κ1) is 16.8. The third kappa shape index (κ3) is 6.63. The zero-order chi connectivity index (χ0) is 14.0. The predicted molar refractivity (Wildman–Crippen MR) is 79.7 cm³/mol. The molecular weight excluding hydrogens is 262 g/mol. The van der Waals surface area contributed by atoms with E-state index < -0.39 is 0 Å². The van der Waals surface area contributed by atoms with Crippen molar-refractivity contribution < 1.29 is 14.3 Å². The van der Waals surface area contributed by atoms with E-state index in [4.69, 9.17) is 9.47 Å². The van der Waals surface area contributed by atoms with Gasteiger partial charge < -0.3 is 14.8 Å². The normalized spacial score (nSPS) is 18.2. The fraction of sp³-hybridized carbons (Fsp3) is 0.929. The molecule has 0 spiro atoms. The van der Waals surface area contributed by atoms with Crippen LogP contribution in [0.3, 0.4) is 0 Å². The van der Waals surface area contributed by atoms with Crippen molar-refractivity contribution in [3.05, 3.63) is 0 Å². The minimum absolute atomic E-state index is 0.0587. The lowest BCUT2D eigenvalue weighted by Gasteiger charge is -2.36. The SMILES string of the molecule is CCOC(=O)COCCNCC1(SC)CCCCC1. The summed E-state index contributed by atoms with van der Waals surface area (Å²) < 4.78 is 10.5. The van der Waals surface area contributed by atoms with Gasteiger partial charge in [-0.05, 0) is 26.0 Å². The molecule has 5 heteroatoms. The van der Waals surface area contributed by atoms with Crippen LogP contribution in [0.15, 0.2) is 0 Å². The van der Waals surface area contributed by atoms with E-state index in [9.17, 15) is 4.79 Å². The molecule has 0 heterocycles. The summed E-state index contributed by atoms with van der Waals surface area (Å²) in [6.45, 7) is 4.66. The highest BCUT2D eigenvalue weighted by molar-refractivity contribution is 8.00. The van der Waals surface area contributed by atoms with Gasteiger partial charge in [-0.3, -0.25) is 0 Å². The second kappa shape index (κ2) is 9.61. The first-order chi connectivity index (χ1) is 9.22. The van der Waals surface area contributed by atoms with Gasteiger partial charge in [0.25, 0.3) is 0 Å². The van der Waals surface area contributed by atoms with E-state index in [0.717, 1.165) is 13.1 Å². The van der Waals surface area contributed by atoms with Crippen LogP contribution in [-0.4, -0.2) is 49.9 Å². The summed E-state index contributed by atoms with van der Waals surface area (Å²) in [5.41, 5.74) is 0. The van der Waals surface area contributed by atoms with Crippen molar-refractivity contribution in [1.29, 1.82) is 0 Å². The number of rotatable bonds is 9. The van der Waals surface area contributed by atoms with E-state index >= 15 is 0 Å². The smallest absolute Gasteiger partial charge is 0.332 e. The molecule has 0 aromatic rings. The highest BCUT2D eigenvalue weighted by atomic mass is 32.2. The molecule has 1 aliphatic carbocycles. The van der Waals surface area contributed by atoms with E-state index in [2.05, 4.69) is 11.6 Å². The van der Waals surface area contributed by atoms with E-state index in [1.54, 1.807) is 6.92 Å². The Morgan fingerprint density at radius 1 is 1.32 bits per heavy atom. The van der Waals surface area contributed by atoms with Gasteiger partial charge >= 0.3 is 5.97 Å². The minimum atomic E-state index is -0.282. The summed E-state index contributed by atoms with van der Waals surface area (Å²) in [5, 5.41) is 3.45. The summed E-state index contributed by atoms with van der Waals surface area (Å²) in [5.74, 6) is -0.282. The molecule has 112 valence electrons. The van der Waals surface area contributed by atoms with E-state index in [-0.39, 0.29) is 12.6 Å². The average Bonchev–Trinajstić information content (AvgIpc) is 2.44. The maximum atomic E-state index is 11.0. The van der Waals surface area contributed by atoms with Crippen LogP contribution in [0.25, 0.3) is 0 Å². The second-order valence-electron chi connectivity index (χ2n) is 4.98. The fourth-order valence-corrected chi connectivity index (χ4v) is 3.41. The monoisotopic (exact) mass is 289 g/mol. The first-order valence-corrected chi connectivity index (χ1v) is 8.44. The van der Waals surface area contributed by atoms with Crippen molar-refractivity contribution in [3.63, 3.8) is 0 Å². The van der Waals surface area contributed by atoms with Crippen molar-refractivity contribution in [2.24, 2.45) is 0 Å². The molecule has 0 unspecified atom stereocenters. The molecule has 0 aromatic heterocycles. The number of esters is 1. The Balaban J connectivity index is 2.04. The molecular formula is C14H27NO3S. The maximum Gasteiger partial charge on any atom is 0.332 e. The van der Waals surface area contributed by atoms with Gasteiger partial charge in [-0.2, -0.15) is 11.8 Å². The Morgan fingerprint density at radius 3 is 2.68 bits per heavy atom. The van der Waals surface area contributed by atoms with Gasteiger partial charge in [0.15, 0.2) is 0 Å². The number of carbonyl (C=O) groups excluding carboxylic acids is 1. The summed E-state index contributed by atoms with van der Waals surface area (Å²) in [7, 11) is 0. The van der Waals surface area contributed by atoms with E-state index in [1.165, 1.54) is 32.1 Å². The molecule has 4 nitrogen and oxygen atoms in total. The fourth-order valence-electron chi connectivity index (χ4n) is 2.47. The Kier molecular flexibility index (Phi) is 8.50. The standard InChI is InChI=1S/C14H27NO3S/c1-3-18-13(16)11-17-10-9-15-12-14(19-2)7-5-4-6-8-14/h15H,3-12H2,1-2H3. The van der Waals surface area contributed by atoms with Gasteiger partial charge in [-0.1, -0.05) is 19.3 Å². The van der Waals surface area contributed by atoms with Gasteiger partial charge in [0, 0.05) is 17.8 Å². The highest BCUT2D eigenvalue weighted by Crippen LogP contribution is 2.37. The van der Waals surface area contributed by atoms with Crippen LogP contribution in [0.5, 0.6) is 0 Å². The molecule has 19 heavy (non-hydrogen) atoms. The van der Waals surface area contributed by atoms with Crippen LogP contribution in [0, 0.1) is 0 Å². The number of nitrogens with one attached hydrogen (secondary N) is 1. The number of ether oxygens (including phenoxy) is 2. The van der Waals surface area contributed by atoms with Gasteiger partial charge in [0.1, 0.15) is 6.61 Å². The van der Waals surface area contributed by atoms with Crippen molar-refractivity contribution in [2.75, 3.05) is 39.2 Å². The molecule has 0 amide bonds. The number of carbonyl (C=O) groups is 1. The average molecular weight is 289 g/mol. The molecule has 1 N–H and O–H groups in total. The molecule has 1 fully saturated rings. The Labute approximate surface area is 121 Å². The summed E-state index contributed by atoms with van der Waals surface area (Å²) in [6.07, 6.45) is 8.91. The van der Waals surface area contributed by atoms with Crippen LogP contribution in [-0.2, 0) is 14.3 Å². The van der Waals surface area contributed by atoms with Crippen LogP contribution in [0.2, 0.25) is 0 Å². The molecule has 0 aliphatic heterocycles. The number of hydrogen-bond donors (Lipinski definition) is 1. The third-order valence-electron chi connectivity index (χ3n) is 3.59. The van der Waals surface area contributed by atoms with Crippen molar-refractivity contribution >= 4 is 17.7 Å². The molecule has 0 saturated heterocycles. The zero-order valence-electron chi connectivity index (χ0n) is 12.2. The lowest BCUT2D eigenvalue weighted by atomic mass is 9.88. The second-order valence-corrected chi connectivity index (χ2v) is 6.26. The predicted octanol–water partition coefficient (Wildman–Crippen LogP) is 2.22. The van der Waals surface area contributed by atoms with E-state index in [1.807, 2.05) is 11.8 Å². The zero-order valence-corrected chi connectivity index (χ0v) is 13.0. The molecule has 1 rings (SSSR count). The molecule has 0 atom stereocenters. The van der Waals surface area contributed by atoms with Gasteiger partial charge in [0.05, 0.1) is 13.2 Å². The van der Waals surface area contributed by atoms with Crippen LogP contribution >= 0.6 is 11.8 Å².